The number of phenolic OH excluding ortho intramolecular Hbond substituents is 1. The molecule has 3 fully saturated rings. The van der Waals surface area contributed by atoms with E-state index in [1.807, 2.05) is 25.1 Å². The lowest BCUT2D eigenvalue weighted by atomic mass is 9.91. The Balaban J connectivity index is 1.33. The highest BCUT2D eigenvalue weighted by molar-refractivity contribution is 6.05. The van der Waals surface area contributed by atoms with Gasteiger partial charge in [-0.15, -0.1) is 0 Å². The monoisotopic (exact) mass is 647 g/mol. The molecule has 11 heteroatoms. The number of rotatable bonds is 5. The van der Waals surface area contributed by atoms with Crippen LogP contribution in [0.15, 0.2) is 30.3 Å². The topological polar surface area (TPSA) is 91.8 Å². The number of nitrogens with zero attached hydrogens (tertiary/aromatic N) is 3. The average Bonchev–Trinajstić information content (AvgIpc) is 3.44. The first-order chi connectivity index (χ1) is 22.9. The summed E-state index contributed by atoms with van der Waals surface area (Å²) in [6.07, 6.45) is 4.31. The van der Waals surface area contributed by atoms with Gasteiger partial charge in [0, 0.05) is 37.6 Å². The third-order valence-electron chi connectivity index (χ3n) is 10.5. The Morgan fingerprint density at radius 3 is 2.85 bits per heavy atom. The van der Waals surface area contributed by atoms with Gasteiger partial charge in [0.25, 0.3) is 0 Å². The van der Waals surface area contributed by atoms with E-state index < -0.39 is 17.8 Å². The molecule has 0 amide bonds. The number of piperazine rings is 1. The SMILES string of the molecule is CCc1cccc2cc(O)cc(-c3c(F)c4c5c(nc(OC[C@H]6CCCNC[C@H](F)C6)nc5c3F)N3CC5CCC(N5)C3CCO4)c12. The van der Waals surface area contributed by atoms with Crippen molar-refractivity contribution >= 4 is 27.5 Å². The number of aromatic nitrogens is 2. The fourth-order valence-corrected chi connectivity index (χ4v) is 8.31. The van der Waals surface area contributed by atoms with Crippen LogP contribution in [0.3, 0.4) is 0 Å². The predicted molar refractivity (Wildman–Crippen MR) is 175 cm³/mol. The minimum absolute atomic E-state index is 0.0196. The standard InChI is InChI=1S/C36H40F3N5O3/c1-2-20-6-3-7-21-14-24(45)15-25(28(20)21)29-31(38)33-30-34(32(29)39)46-12-10-27-26-9-8-23(41-26)17-44(27)35(30)43-36(42-33)47-18-19-5-4-11-40-16-22(37)13-19/h3,6-7,14-15,19,22-23,26-27,40-41,45H,2,4-5,8-13,16-18H2,1H3/t19-,22+,23?,26?,27?/m0/s1. The smallest absolute Gasteiger partial charge is 0.319 e. The number of aromatic hydroxyl groups is 1. The van der Waals surface area contributed by atoms with Crippen LogP contribution in [0.2, 0.25) is 0 Å². The number of alkyl halides is 1. The Labute approximate surface area is 271 Å². The predicted octanol–water partition coefficient (Wildman–Crippen LogP) is 6.19. The summed E-state index contributed by atoms with van der Waals surface area (Å²) in [6, 6.07) is 9.07. The van der Waals surface area contributed by atoms with Crippen molar-refractivity contribution in [1.82, 2.24) is 20.6 Å². The number of anilines is 1. The number of aryl methyl sites for hydroxylation is 1. The van der Waals surface area contributed by atoms with Gasteiger partial charge in [-0.25, -0.2) is 13.2 Å². The molecule has 47 heavy (non-hydrogen) atoms. The molecule has 8 rings (SSSR count). The fourth-order valence-electron chi connectivity index (χ4n) is 8.31. The zero-order valence-electron chi connectivity index (χ0n) is 26.5. The lowest BCUT2D eigenvalue weighted by Crippen LogP contribution is -2.59. The second-order valence-electron chi connectivity index (χ2n) is 13.5. The van der Waals surface area contributed by atoms with Gasteiger partial charge in [-0.05, 0) is 85.0 Å². The maximum Gasteiger partial charge on any atom is 0.319 e. The summed E-state index contributed by atoms with van der Waals surface area (Å²) in [6.45, 7) is 4.10. The second kappa shape index (κ2) is 12.3. The Hall–Kier alpha value is -3.83. The summed E-state index contributed by atoms with van der Waals surface area (Å²) in [5.74, 6) is -1.56. The van der Waals surface area contributed by atoms with Crippen LogP contribution >= 0.6 is 0 Å². The van der Waals surface area contributed by atoms with E-state index in [9.17, 15) is 9.50 Å². The molecule has 5 heterocycles. The van der Waals surface area contributed by atoms with Gasteiger partial charge in [0.2, 0.25) is 0 Å². The van der Waals surface area contributed by atoms with Crippen molar-refractivity contribution < 1.29 is 27.8 Å². The van der Waals surface area contributed by atoms with Crippen molar-refractivity contribution in [3.05, 3.63) is 47.5 Å². The number of fused-ring (bicyclic) bond motifs is 6. The molecule has 5 atom stereocenters. The number of phenols is 1. The summed E-state index contributed by atoms with van der Waals surface area (Å²) in [7, 11) is 0. The van der Waals surface area contributed by atoms with Crippen LogP contribution in [0.25, 0.3) is 32.8 Å². The van der Waals surface area contributed by atoms with Crippen molar-refractivity contribution in [3.8, 4) is 28.6 Å². The average molecular weight is 648 g/mol. The van der Waals surface area contributed by atoms with Crippen LogP contribution in [0.1, 0.15) is 51.0 Å². The minimum atomic E-state index is -0.986. The highest BCUT2D eigenvalue weighted by Gasteiger charge is 2.43. The van der Waals surface area contributed by atoms with Gasteiger partial charge in [-0.2, -0.15) is 9.97 Å². The lowest BCUT2D eigenvalue weighted by molar-refractivity contribution is 0.166. The van der Waals surface area contributed by atoms with Crippen LogP contribution in [0.4, 0.5) is 19.0 Å². The van der Waals surface area contributed by atoms with E-state index >= 15 is 8.78 Å². The summed E-state index contributed by atoms with van der Waals surface area (Å²) in [5, 5.41) is 19.0. The van der Waals surface area contributed by atoms with Gasteiger partial charge in [-0.3, -0.25) is 0 Å². The van der Waals surface area contributed by atoms with E-state index in [4.69, 9.17) is 14.5 Å². The summed E-state index contributed by atoms with van der Waals surface area (Å²) in [5.41, 5.74) is 0.718. The first-order valence-corrected chi connectivity index (χ1v) is 17.0. The minimum Gasteiger partial charge on any atom is -0.508 e. The van der Waals surface area contributed by atoms with Gasteiger partial charge in [-0.1, -0.05) is 25.1 Å². The molecule has 4 aromatic rings. The molecular formula is C36H40F3N5O3. The molecule has 3 N–H and O–H groups in total. The Morgan fingerprint density at radius 1 is 1.09 bits per heavy atom. The van der Waals surface area contributed by atoms with Crippen molar-refractivity contribution in [3.63, 3.8) is 0 Å². The Bertz CT molecular complexity index is 1840. The molecule has 0 radical (unpaired) electrons. The molecule has 3 unspecified atom stereocenters. The molecule has 0 saturated carbocycles. The quantitative estimate of drug-likeness (QED) is 0.236. The molecule has 3 saturated heterocycles. The molecule has 1 aromatic heterocycles. The summed E-state index contributed by atoms with van der Waals surface area (Å²) < 4.78 is 61.1. The second-order valence-corrected chi connectivity index (χ2v) is 13.5. The fraction of sp³-hybridized carbons (Fsp3) is 0.500. The third-order valence-corrected chi connectivity index (χ3v) is 10.5. The number of nitrogens with one attached hydrogen (secondary N) is 2. The first kappa shape index (κ1) is 30.5. The zero-order chi connectivity index (χ0) is 32.2. The third kappa shape index (κ3) is 5.41. The van der Waals surface area contributed by atoms with Gasteiger partial charge in [0.15, 0.2) is 17.4 Å². The Morgan fingerprint density at radius 2 is 1.98 bits per heavy atom. The molecule has 3 aromatic carbocycles. The molecule has 4 aliphatic heterocycles. The highest BCUT2D eigenvalue weighted by Crippen LogP contribution is 2.48. The van der Waals surface area contributed by atoms with E-state index in [2.05, 4.69) is 20.5 Å². The molecule has 0 spiro atoms. The molecule has 4 aliphatic rings. The lowest BCUT2D eigenvalue weighted by Gasteiger charge is -2.43. The van der Waals surface area contributed by atoms with Crippen LogP contribution in [0.5, 0.6) is 17.5 Å². The van der Waals surface area contributed by atoms with Gasteiger partial charge in [0.05, 0.1) is 24.2 Å². The van der Waals surface area contributed by atoms with Crippen molar-refractivity contribution in [2.75, 3.05) is 37.7 Å². The molecule has 2 bridgehead atoms. The number of hydrogen-bond donors (Lipinski definition) is 3. The van der Waals surface area contributed by atoms with Crippen LogP contribution in [0, 0.1) is 17.6 Å². The van der Waals surface area contributed by atoms with Crippen molar-refractivity contribution in [2.45, 2.75) is 76.2 Å². The van der Waals surface area contributed by atoms with Crippen molar-refractivity contribution in [1.29, 1.82) is 0 Å². The van der Waals surface area contributed by atoms with E-state index in [1.54, 1.807) is 6.07 Å². The van der Waals surface area contributed by atoms with E-state index in [0.29, 0.717) is 48.9 Å². The number of benzene rings is 3. The Kier molecular flexibility index (Phi) is 7.99. The summed E-state index contributed by atoms with van der Waals surface area (Å²) >= 11 is 0. The largest absolute Gasteiger partial charge is 0.508 e. The van der Waals surface area contributed by atoms with Gasteiger partial charge < -0.3 is 30.1 Å². The molecule has 8 nitrogen and oxygen atoms in total. The normalized spacial score (nSPS) is 25.9. The molecular weight excluding hydrogens is 607 g/mol. The highest BCUT2D eigenvalue weighted by atomic mass is 19.1. The zero-order valence-corrected chi connectivity index (χ0v) is 26.5. The first-order valence-electron chi connectivity index (χ1n) is 17.0. The number of halogens is 3. The van der Waals surface area contributed by atoms with E-state index in [0.717, 1.165) is 37.8 Å². The van der Waals surface area contributed by atoms with Gasteiger partial charge >= 0.3 is 6.01 Å². The number of ether oxygens (including phenoxy) is 2. The maximum absolute atomic E-state index is 17.2. The number of hydrogen-bond acceptors (Lipinski definition) is 8. The van der Waals surface area contributed by atoms with Crippen molar-refractivity contribution in [2.24, 2.45) is 5.92 Å². The van der Waals surface area contributed by atoms with E-state index in [1.165, 1.54) is 6.07 Å². The molecule has 0 aliphatic carbocycles. The van der Waals surface area contributed by atoms with Crippen LogP contribution in [-0.4, -0.2) is 72.2 Å². The molecule has 248 valence electrons. The van der Waals surface area contributed by atoms with E-state index in [-0.39, 0.29) is 76.8 Å². The van der Waals surface area contributed by atoms with Crippen LogP contribution in [-0.2, 0) is 6.42 Å². The maximum atomic E-state index is 17.2. The van der Waals surface area contributed by atoms with Crippen LogP contribution < -0.4 is 25.0 Å². The summed E-state index contributed by atoms with van der Waals surface area (Å²) in [4.78, 5) is 11.6. The van der Waals surface area contributed by atoms with Gasteiger partial charge in [0.1, 0.15) is 23.3 Å².